The van der Waals surface area contributed by atoms with E-state index in [1.807, 2.05) is 12.1 Å². The Balaban J connectivity index is 1.74. The second kappa shape index (κ2) is 8.81. The summed E-state index contributed by atoms with van der Waals surface area (Å²) >= 11 is 7.57. The highest BCUT2D eigenvalue weighted by atomic mass is 35.5. The van der Waals surface area contributed by atoms with Crippen molar-refractivity contribution in [1.82, 2.24) is 4.98 Å². The number of rotatable bonds is 7. The summed E-state index contributed by atoms with van der Waals surface area (Å²) in [7, 11) is -4.03. The number of nitrogens with zero attached hydrogens (tertiary/aromatic N) is 2. The molecule has 0 aliphatic rings. The van der Waals surface area contributed by atoms with Crippen LogP contribution in [0.5, 0.6) is 0 Å². The van der Waals surface area contributed by atoms with Crippen molar-refractivity contribution in [1.29, 1.82) is 0 Å². The standard InChI is InChI=1S/C19H16ClN3O4S2/c1-13-18(20)9-17(10-19(13)23(24)25)29(26,27)22-15-4-6-16(7-5-15)28-12-14-3-2-8-21-11-14/h2-11,22H,12H2,1H3. The maximum Gasteiger partial charge on any atom is 0.275 e. The fraction of sp³-hybridized carbons (Fsp3) is 0.105. The summed E-state index contributed by atoms with van der Waals surface area (Å²) in [5.74, 6) is 0.741. The van der Waals surface area contributed by atoms with Crippen LogP contribution in [0, 0.1) is 17.0 Å². The third-order valence-corrected chi connectivity index (χ3v) is 6.87. The molecule has 0 radical (unpaired) electrons. The molecule has 0 aliphatic heterocycles. The van der Waals surface area contributed by atoms with Gasteiger partial charge in [-0.3, -0.25) is 19.8 Å². The molecule has 7 nitrogen and oxygen atoms in total. The van der Waals surface area contributed by atoms with Crippen molar-refractivity contribution < 1.29 is 13.3 Å². The molecular formula is C19H16ClN3O4S2. The lowest BCUT2D eigenvalue weighted by molar-refractivity contribution is -0.385. The summed E-state index contributed by atoms with van der Waals surface area (Å²) in [6.45, 7) is 1.46. The predicted octanol–water partition coefficient (Wildman–Crippen LogP) is 5.04. The Hall–Kier alpha value is -2.62. The minimum atomic E-state index is -4.03. The molecule has 150 valence electrons. The van der Waals surface area contributed by atoms with Gasteiger partial charge in [-0.05, 0) is 48.9 Å². The molecule has 0 fully saturated rings. The van der Waals surface area contributed by atoms with Crippen molar-refractivity contribution in [2.45, 2.75) is 22.5 Å². The largest absolute Gasteiger partial charge is 0.280 e. The van der Waals surface area contributed by atoms with Gasteiger partial charge < -0.3 is 0 Å². The predicted molar refractivity (Wildman–Crippen MR) is 114 cm³/mol. The van der Waals surface area contributed by atoms with Gasteiger partial charge in [-0.1, -0.05) is 17.7 Å². The van der Waals surface area contributed by atoms with Crippen molar-refractivity contribution in [2.24, 2.45) is 0 Å². The fourth-order valence-electron chi connectivity index (χ4n) is 2.47. The van der Waals surface area contributed by atoms with Crippen molar-refractivity contribution in [3.05, 3.63) is 87.2 Å². The van der Waals surface area contributed by atoms with E-state index < -0.39 is 14.9 Å². The van der Waals surface area contributed by atoms with Crippen molar-refractivity contribution in [2.75, 3.05) is 4.72 Å². The zero-order valence-corrected chi connectivity index (χ0v) is 17.6. The summed E-state index contributed by atoms with van der Waals surface area (Å²) in [5.41, 5.74) is 1.29. The van der Waals surface area contributed by atoms with Gasteiger partial charge in [0.2, 0.25) is 0 Å². The van der Waals surface area contributed by atoms with Gasteiger partial charge in [0.15, 0.2) is 0 Å². The van der Waals surface area contributed by atoms with E-state index in [-0.39, 0.29) is 21.2 Å². The van der Waals surface area contributed by atoms with Crippen molar-refractivity contribution in [3.63, 3.8) is 0 Å². The highest BCUT2D eigenvalue weighted by molar-refractivity contribution is 7.98. The van der Waals surface area contributed by atoms with E-state index in [0.29, 0.717) is 5.69 Å². The third-order valence-electron chi connectivity index (χ3n) is 4.03. The van der Waals surface area contributed by atoms with Crippen LogP contribution in [0.1, 0.15) is 11.1 Å². The Labute approximate surface area is 177 Å². The average molecular weight is 450 g/mol. The van der Waals surface area contributed by atoms with Crippen molar-refractivity contribution in [3.8, 4) is 0 Å². The lowest BCUT2D eigenvalue weighted by Crippen LogP contribution is -2.13. The molecule has 0 atom stereocenters. The van der Waals surface area contributed by atoms with E-state index in [4.69, 9.17) is 11.6 Å². The SMILES string of the molecule is Cc1c(Cl)cc(S(=O)(=O)Nc2ccc(SCc3cccnc3)cc2)cc1[N+](=O)[O-]. The van der Waals surface area contributed by atoms with E-state index >= 15 is 0 Å². The number of nitro groups is 1. The van der Waals surface area contributed by atoms with Gasteiger partial charge in [0.05, 0.1) is 14.8 Å². The maximum absolute atomic E-state index is 12.6. The lowest BCUT2D eigenvalue weighted by atomic mass is 10.2. The van der Waals surface area contributed by atoms with E-state index in [0.717, 1.165) is 22.3 Å². The Morgan fingerprint density at radius 3 is 2.55 bits per heavy atom. The molecule has 0 aliphatic carbocycles. The summed E-state index contributed by atoms with van der Waals surface area (Å²) in [5, 5.41) is 11.2. The van der Waals surface area contributed by atoms with Gasteiger partial charge in [0.1, 0.15) is 0 Å². The molecule has 10 heteroatoms. The number of thioether (sulfide) groups is 1. The lowest BCUT2D eigenvalue weighted by Gasteiger charge is -2.10. The summed E-state index contributed by atoms with van der Waals surface area (Å²) in [6, 6.07) is 12.9. The number of nitro benzene ring substituents is 1. The molecule has 0 spiro atoms. The monoisotopic (exact) mass is 449 g/mol. The Kier molecular flexibility index (Phi) is 6.41. The molecule has 0 bridgehead atoms. The van der Waals surface area contributed by atoms with Gasteiger partial charge in [0, 0.05) is 40.4 Å². The number of pyridine rings is 1. The van der Waals surface area contributed by atoms with Crippen LogP contribution in [0.3, 0.4) is 0 Å². The van der Waals surface area contributed by atoms with Crippen LogP contribution in [0.15, 0.2) is 70.7 Å². The molecule has 0 unspecified atom stereocenters. The molecule has 29 heavy (non-hydrogen) atoms. The first-order valence-electron chi connectivity index (χ1n) is 8.35. The third kappa shape index (κ3) is 5.26. The van der Waals surface area contributed by atoms with E-state index in [2.05, 4.69) is 9.71 Å². The molecule has 1 heterocycles. The zero-order valence-electron chi connectivity index (χ0n) is 15.2. The molecular weight excluding hydrogens is 434 g/mol. The van der Waals surface area contributed by atoms with Crippen LogP contribution in [0.2, 0.25) is 5.02 Å². The molecule has 0 saturated carbocycles. The van der Waals surface area contributed by atoms with Crippen LogP contribution >= 0.6 is 23.4 Å². The Bertz CT molecular complexity index is 1140. The van der Waals surface area contributed by atoms with Crippen LogP contribution in [-0.4, -0.2) is 18.3 Å². The van der Waals surface area contributed by atoms with E-state index in [1.165, 1.54) is 13.0 Å². The summed E-state index contributed by atoms with van der Waals surface area (Å²) < 4.78 is 27.7. The van der Waals surface area contributed by atoms with E-state index in [9.17, 15) is 18.5 Å². The number of sulfonamides is 1. The highest BCUT2D eigenvalue weighted by Crippen LogP contribution is 2.31. The van der Waals surface area contributed by atoms with Crippen LogP contribution in [0.25, 0.3) is 0 Å². The molecule has 0 amide bonds. The summed E-state index contributed by atoms with van der Waals surface area (Å²) in [4.78, 5) is 15.2. The molecule has 1 aromatic heterocycles. The maximum atomic E-state index is 12.6. The quantitative estimate of drug-likeness (QED) is 0.308. The number of hydrogen-bond acceptors (Lipinski definition) is 6. The molecule has 0 saturated heterocycles. The van der Waals surface area contributed by atoms with E-state index in [1.54, 1.807) is 48.4 Å². The normalized spacial score (nSPS) is 11.2. The molecule has 3 rings (SSSR count). The number of anilines is 1. The minimum Gasteiger partial charge on any atom is -0.280 e. The first-order valence-corrected chi connectivity index (χ1v) is 11.2. The number of aromatic nitrogens is 1. The van der Waals surface area contributed by atoms with Gasteiger partial charge in [-0.15, -0.1) is 11.8 Å². The smallest absolute Gasteiger partial charge is 0.275 e. The number of benzene rings is 2. The summed E-state index contributed by atoms with van der Waals surface area (Å²) in [6.07, 6.45) is 3.51. The highest BCUT2D eigenvalue weighted by Gasteiger charge is 2.22. The second-order valence-corrected chi connectivity index (χ2v) is 9.22. The Morgan fingerprint density at radius 1 is 1.21 bits per heavy atom. The minimum absolute atomic E-state index is 0.0155. The van der Waals surface area contributed by atoms with Crippen molar-refractivity contribution >= 4 is 44.8 Å². The molecule has 1 N–H and O–H groups in total. The van der Waals surface area contributed by atoms with Gasteiger partial charge in [0.25, 0.3) is 15.7 Å². The number of nitrogens with one attached hydrogen (secondary N) is 1. The van der Waals surface area contributed by atoms with Gasteiger partial charge in [-0.25, -0.2) is 8.42 Å². The van der Waals surface area contributed by atoms with Crippen LogP contribution in [0.4, 0.5) is 11.4 Å². The molecule has 2 aromatic carbocycles. The van der Waals surface area contributed by atoms with Crippen LogP contribution < -0.4 is 4.72 Å². The second-order valence-electron chi connectivity index (χ2n) is 6.09. The first-order chi connectivity index (χ1) is 13.8. The average Bonchev–Trinajstić information content (AvgIpc) is 2.69. The topological polar surface area (TPSA) is 102 Å². The number of hydrogen-bond donors (Lipinski definition) is 1. The first kappa shape index (κ1) is 21.1. The fourth-order valence-corrected chi connectivity index (χ4v) is 4.68. The Morgan fingerprint density at radius 2 is 1.93 bits per heavy atom. The molecule has 3 aromatic rings. The number of halogens is 1. The van der Waals surface area contributed by atoms with Gasteiger partial charge in [-0.2, -0.15) is 0 Å². The zero-order chi connectivity index (χ0) is 21.0. The van der Waals surface area contributed by atoms with Crippen LogP contribution in [-0.2, 0) is 15.8 Å². The van der Waals surface area contributed by atoms with Gasteiger partial charge >= 0.3 is 0 Å².